The fourth-order valence-corrected chi connectivity index (χ4v) is 7.30. The van der Waals surface area contributed by atoms with Crippen molar-refractivity contribution in [3.63, 3.8) is 0 Å². The van der Waals surface area contributed by atoms with Crippen molar-refractivity contribution in [2.75, 3.05) is 5.73 Å². The van der Waals surface area contributed by atoms with Crippen LogP contribution in [0.5, 0.6) is 0 Å². The molecule has 1 fully saturated rings. The molecule has 0 bridgehead atoms. The van der Waals surface area contributed by atoms with Crippen molar-refractivity contribution in [3.8, 4) is 12.3 Å². The summed E-state index contributed by atoms with van der Waals surface area (Å²) in [4.78, 5) is 23.4. The van der Waals surface area contributed by atoms with Crippen LogP contribution in [0.25, 0.3) is 11.2 Å². The third-order valence-corrected chi connectivity index (χ3v) is 9.31. The van der Waals surface area contributed by atoms with Crippen LogP contribution < -0.4 is 17.2 Å². The number of fused-ring (bicyclic) bond motifs is 1. The molecule has 1 saturated heterocycles. The monoisotopic (exact) mass is 470 g/mol. The number of carbonyl (C=O) groups is 1. The number of primary amides is 1. The second kappa shape index (κ2) is 9.04. The molecule has 29 heavy (non-hydrogen) atoms. The molecule has 6 atom stereocenters. The van der Waals surface area contributed by atoms with Crippen LogP contribution in [-0.4, -0.2) is 73.9 Å². The number of nitrogens with two attached hydrogens (primary N) is 3. The van der Waals surface area contributed by atoms with Crippen molar-refractivity contribution in [1.29, 1.82) is 0 Å². The third-order valence-electron chi connectivity index (χ3n) is 4.72. The van der Waals surface area contributed by atoms with Gasteiger partial charge < -0.3 is 0 Å². The molecule has 0 saturated carbocycles. The van der Waals surface area contributed by atoms with Crippen LogP contribution in [0.3, 0.4) is 0 Å². The Hall–Kier alpha value is -2.26. The molecule has 8 N–H and O–H groups in total. The molecule has 0 aromatic carbocycles. The van der Waals surface area contributed by atoms with Crippen molar-refractivity contribution < 1.29 is 19.7 Å². The number of imidazole rings is 1. The van der Waals surface area contributed by atoms with E-state index in [1.54, 1.807) is 0 Å². The van der Waals surface area contributed by atoms with Gasteiger partial charge in [0.2, 0.25) is 0 Å². The molecule has 1 amide bonds. The maximum absolute atomic E-state index is 11.2. The molecule has 2 aromatic heterocycles. The summed E-state index contributed by atoms with van der Waals surface area (Å²) in [5.41, 5.74) is 17.5. The number of aliphatic hydroxyl groups excluding tert-OH is 2. The predicted octanol–water partition coefficient (Wildman–Crippen LogP) is -1.64. The predicted molar refractivity (Wildman–Crippen MR) is 106 cm³/mol. The van der Waals surface area contributed by atoms with Gasteiger partial charge in [-0.25, -0.2) is 0 Å². The number of aliphatic hydroxyl groups is 2. The number of amides is 1. The van der Waals surface area contributed by atoms with Gasteiger partial charge in [-0.1, -0.05) is 0 Å². The Labute approximate surface area is 171 Å². The van der Waals surface area contributed by atoms with Crippen molar-refractivity contribution in [2.24, 2.45) is 11.5 Å². The quantitative estimate of drug-likeness (QED) is 0.223. The van der Waals surface area contributed by atoms with Crippen molar-refractivity contribution in [1.82, 2.24) is 19.5 Å². The molecule has 2 aromatic rings. The SMILES string of the molecule is C#CC[Se+](CC[C@H](N)C(N)=O)C[C@H]1O[C@@H](n2cnc3cnc(N)nc32)[C@H](O)[C@@H]1O. The topological polar surface area (TPSA) is 188 Å². The third kappa shape index (κ3) is 4.67. The molecular weight excluding hydrogens is 445 g/mol. The second-order valence-electron chi connectivity index (χ2n) is 6.76. The van der Waals surface area contributed by atoms with E-state index >= 15 is 0 Å². The molecule has 0 spiro atoms. The number of carbonyl (C=O) groups excluding carboxylic acids is 1. The van der Waals surface area contributed by atoms with E-state index in [1.807, 2.05) is 0 Å². The van der Waals surface area contributed by atoms with E-state index < -0.39 is 50.4 Å². The van der Waals surface area contributed by atoms with Crippen LogP contribution in [-0.2, 0) is 9.53 Å². The summed E-state index contributed by atoms with van der Waals surface area (Å²) in [6, 6.07) is -0.728. The number of hydrogen-bond donors (Lipinski definition) is 5. The number of terminal acetylenes is 1. The average molecular weight is 469 g/mol. The molecule has 1 aliphatic heterocycles. The van der Waals surface area contributed by atoms with Crippen molar-refractivity contribution in [3.05, 3.63) is 12.5 Å². The van der Waals surface area contributed by atoms with Gasteiger partial charge >= 0.3 is 171 Å². The van der Waals surface area contributed by atoms with E-state index in [2.05, 4.69) is 20.9 Å². The summed E-state index contributed by atoms with van der Waals surface area (Å²) in [6.45, 7) is 0. The van der Waals surface area contributed by atoms with Gasteiger partial charge in [0.05, 0.1) is 0 Å². The van der Waals surface area contributed by atoms with Gasteiger partial charge in [-0.15, -0.1) is 0 Å². The van der Waals surface area contributed by atoms with Crippen LogP contribution in [0.4, 0.5) is 5.95 Å². The van der Waals surface area contributed by atoms with Gasteiger partial charge in [-0.05, 0) is 0 Å². The Bertz CT molecular complexity index is 917. The zero-order chi connectivity index (χ0) is 21.1. The Balaban J connectivity index is 1.73. The molecule has 11 nitrogen and oxygen atoms in total. The number of aromatic nitrogens is 4. The van der Waals surface area contributed by atoms with Crippen LogP contribution in [0.2, 0.25) is 16.0 Å². The Kier molecular flexibility index (Phi) is 6.69. The summed E-state index contributed by atoms with van der Waals surface area (Å²) in [5.74, 6) is 2.15. The van der Waals surface area contributed by atoms with Crippen LogP contribution in [0, 0.1) is 12.3 Å². The fraction of sp³-hybridized carbons (Fsp3) is 0.529. The molecule has 1 unspecified atom stereocenters. The average Bonchev–Trinajstić information content (AvgIpc) is 3.21. The normalized spacial score (nSPS) is 26.3. The molecular formula is C17H24N7O4Se+. The zero-order valence-corrected chi connectivity index (χ0v) is 17.3. The first-order valence-electron chi connectivity index (χ1n) is 8.91. The molecule has 156 valence electrons. The first-order chi connectivity index (χ1) is 13.8. The van der Waals surface area contributed by atoms with E-state index in [4.69, 9.17) is 28.4 Å². The second-order valence-corrected chi connectivity index (χ2v) is 11.5. The number of rotatable bonds is 8. The number of hydrogen-bond acceptors (Lipinski definition) is 9. The summed E-state index contributed by atoms with van der Waals surface area (Å²) < 4.78 is 7.50. The Morgan fingerprint density at radius 3 is 2.86 bits per heavy atom. The molecule has 12 heteroatoms. The van der Waals surface area contributed by atoms with Crippen LogP contribution >= 0.6 is 0 Å². The van der Waals surface area contributed by atoms with Gasteiger partial charge in [0.15, 0.2) is 0 Å². The molecule has 3 heterocycles. The number of nitrogen functional groups attached to an aromatic ring is 1. The van der Waals surface area contributed by atoms with Gasteiger partial charge in [0, 0.05) is 0 Å². The van der Waals surface area contributed by atoms with Crippen LogP contribution in [0.15, 0.2) is 12.5 Å². The number of anilines is 1. The van der Waals surface area contributed by atoms with E-state index in [-0.39, 0.29) is 5.95 Å². The first kappa shape index (κ1) is 21.4. The van der Waals surface area contributed by atoms with Gasteiger partial charge in [0.1, 0.15) is 0 Å². The zero-order valence-electron chi connectivity index (χ0n) is 15.6. The molecule has 0 aliphatic carbocycles. The van der Waals surface area contributed by atoms with Crippen molar-refractivity contribution in [2.45, 2.75) is 53.0 Å². The summed E-state index contributed by atoms with van der Waals surface area (Å²) in [6.07, 6.45) is 5.07. The van der Waals surface area contributed by atoms with E-state index in [0.717, 1.165) is 0 Å². The van der Waals surface area contributed by atoms with Gasteiger partial charge in [0.25, 0.3) is 0 Å². The van der Waals surface area contributed by atoms with E-state index in [1.165, 1.54) is 17.1 Å². The summed E-state index contributed by atoms with van der Waals surface area (Å²) in [7, 11) is 0. The van der Waals surface area contributed by atoms with E-state index in [0.29, 0.717) is 33.5 Å². The minimum atomic E-state index is -1.45. The Morgan fingerprint density at radius 1 is 1.41 bits per heavy atom. The minimum absolute atomic E-state index is 0.0652. The first-order valence-corrected chi connectivity index (χ1v) is 12.5. The Morgan fingerprint density at radius 2 is 2.17 bits per heavy atom. The van der Waals surface area contributed by atoms with Gasteiger partial charge in [-0.2, -0.15) is 0 Å². The van der Waals surface area contributed by atoms with E-state index in [9.17, 15) is 15.0 Å². The maximum atomic E-state index is 11.2. The molecule has 3 rings (SSSR count). The number of nitrogens with zero attached hydrogens (tertiary/aromatic N) is 4. The summed E-state index contributed by atoms with van der Waals surface area (Å²) in [5, 5.41) is 22.8. The number of ether oxygens (including phenoxy) is 1. The van der Waals surface area contributed by atoms with Crippen molar-refractivity contribution >= 4 is 36.9 Å². The molecule has 0 radical (unpaired) electrons. The fourth-order valence-electron chi connectivity index (χ4n) is 3.12. The summed E-state index contributed by atoms with van der Waals surface area (Å²) >= 11 is -1.45. The molecule has 1 aliphatic rings. The van der Waals surface area contributed by atoms with Crippen LogP contribution in [0.1, 0.15) is 12.6 Å². The standard InChI is InChI=1S/C17H23N7O4Se/c1-2-4-29(5-3-9(18)14(19)27)7-11-12(25)13(26)16(28-11)24-8-22-10-6-21-17(20)23-15(10)24/h1,6,8-9,11-13,16,25-26H,3-5,7,18H2,(H3-,19,20,21,23,27)/p+1/t9-,11+,12+,13+,16+,29?/m0/s1. The van der Waals surface area contributed by atoms with Gasteiger partial charge in [-0.3, -0.25) is 0 Å².